The molecule has 162 valence electrons. The second-order valence-corrected chi connectivity index (χ2v) is 7.58. The molecule has 0 aromatic heterocycles. The van der Waals surface area contributed by atoms with Crippen LogP contribution in [0.15, 0.2) is 77.6 Å². The van der Waals surface area contributed by atoms with Gasteiger partial charge in [0.15, 0.2) is 0 Å². The van der Waals surface area contributed by atoms with Gasteiger partial charge in [-0.15, -0.1) is 0 Å². The van der Waals surface area contributed by atoms with Crippen LogP contribution in [0, 0.1) is 5.92 Å². The molecule has 0 fully saturated rings. The lowest BCUT2D eigenvalue weighted by atomic mass is 10.1. The highest BCUT2D eigenvalue weighted by molar-refractivity contribution is 6.68. The van der Waals surface area contributed by atoms with E-state index in [-0.39, 0.29) is 5.56 Å². The fraction of sp³-hybridized carbons (Fsp3) is 0.217. The number of halogens is 4. The maximum atomic E-state index is 12.9. The van der Waals surface area contributed by atoms with Crippen LogP contribution in [0.4, 0.5) is 18.9 Å². The first-order chi connectivity index (χ1) is 14.7. The Bertz CT molecular complexity index is 1040. The Morgan fingerprint density at radius 3 is 2.74 bits per heavy atom. The average Bonchev–Trinajstić information content (AvgIpc) is 2.70. The molecule has 0 bridgehead atoms. The van der Waals surface area contributed by atoms with Crippen molar-refractivity contribution in [2.45, 2.75) is 26.1 Å². The zero-order valence-corrected chi connectivity index (χ0v) is 17.5. The van der Waals surface area contributed by atoms with Gasteiger partial charge in [0.05, 0.1) is 5.56 Å². The number of aliphatic imine (C=N–C) groups is 1. The molecule has 1 unspecified atom stereocenters. The highest BCUT2D eigenvalue weighted by Gasteiger charge is 2.30. The molecule has 1 amide bonds. The predicted octanol–water partition coefficient (Wildman–Crippen LogP) is 6.12. The Balaban J connectivity index is 1.68. The summed E-state index contributed by atoms with van der Waals surface area (Å²) in [5, 5.41) is 6.24. The van der Waals surface area contributed by atoms with E-state index in [9.17, 15) is 18.0 Å². The third-order valence-corrected chi connectivity index (χ3v) is 4.75. The standard InChI is InChI=1S/C23H21ClF3N3O/c1-15-5-2-10-20(24)30-21(11-15)28-14-16-6-3-9-19(12-16)29-22(31)17-7-4-8-18(13-17)23(25,26)27/h2-4,6-13,15,28H,5,14H2,1H3,(H,29,31)/b10-2+,21-11-,30-20+. The monoisotopic (exact) mass is 447 g/mol. The first-order valence-electron chi connectivity index (χ1n) is 9.64. The quantitative estimate of drug-likeness (QED) is 0.580. The van der Waals surface area contributed by atoms with Crippen molar-refractivity contribution in [2.24, 2.45) is 10.9 Å². The number of carbonyl (C=O) groups excluding carboxylic acids is 1. The molecule has 0 saturated carbocycles. The second kappa shape index (κ2) is 9.83. The van der Waals surface area contributed by atoms with Crippen molar-refractivity contribution in [3.05, 3.63) is 89.3 Å². The number of allylic oxidation sites excluding steroid dienone is 3. The van der Waals surface area contributed by atoms with Crippen LogP contribution in [0.1, 0.15) is 34.8 Å². The van der Waals surface area contributed by atoms with E-state index in [2.05, 4.69) is 22.5 Å². The molecule has 2 aromatic carbocycles. The van der Waals surface area contributed by atoms with E-state index in [1.54, 1.807) is 24.3 Å². The number of benzene rings is 2. The van der Waals surface area contributed by atoms with E-state index in [0.717, 1.165) is 24.1 Å². The summed E-state index contributed by atoms with van der Waals surface area (Å²) in [6, 6.07) is 11.4. The zero-order valence-electron chi connectivity index (χ0n) is 16.7. The highest BCUT2D eigenvalue weighted by atomic mass is 35.5. The average molecular weight is 448 g/mol. The van der Waals surface area contributed by atoms with Gasteiger partial charge < -0.3 is 10.6 Å². The van der Waals surface area contributed by atoms with Gasteiger partial charge in [-0.05, 0) is 60.4 Å². The molecule has 2 aromatic rings. The molecule has 1 heterocycles. The van der Waals surface area contributed by atoms with Crippen molar-refractivity contribution >= 4 is 28.4 Å². The maximum Gasteiger partial charge on any atom is 0.416 e. The first-order valence-corrected chi connectivity index (χ1v) is 10.0. The molecule has 0 radical (unpaired) electrons. The van der Waals surface area contributed by atoms with Crippen LogP contribution in [0.2, 0.25) is 0 Å². The van der Waals surface area contributed by atoms with E-state index < -0.39 is 17.6 Å². The summed E-state index contributed by atoms with van der Waals surface area (Å²) in [5.74, 6) is 0.335. The number of hydrogen-bond donors (Lipinski definition) is 2. The predicted molar refractivity (Wildman–Crippen MR) is 117 cm³/mol. The SMILES string of the molecule is CC1\C=C(NCc2cccc(NC(=O)c3cccc(C(F)(F)F)c3)c2)/N=C(Cl)\C=C\C1. The number of alkyl halides is 3. The summed E-state index contributed by atoms with van der Waals surface area (Å²) in [5.41, 5.74) is 0.406. The molecule has 8 heteroatoms. The molecule has 1 aliphatic heterocycles. The number of amides is 1. The molecule has 2 N–H and O–H groups in total. The minimum atomic E-state index is -4.51. The summed E-state index contributed by atoms with van der Waals surface area (Å²) in [6.45, 7) is 2.51. The molecule has 3 rings (SSSR count). The Morgan fingerprint density at radius 2 is 1.97 bits per heavy atom. The molecule has 0 saturated heterocycles. The van der Waals surface area contributed by atoms with Crippen molar-refractivity contribution in [1.29, 1.82) is 0 Å². The van der Waals surface area contributed by atoms with Crippen molar-refractivity contribution in [3.8, 4) is 0 Å². The zero-order chi connectivity index (χ0) is 22.4. The van der Waals surface area contributed by atoms with Gasteiger partial charge in [0.25, 0.3) is 5.91 Å². The fourth-order valence-electron chi connectivity index (χ4n) is 3.00. The number of carbonyl (C=O) groups is 1. The molecule has 0 aliphatic carbocycles. The van der Waals surface area contributed by atoms with E-state index in [4.69, 9.17) is 11.6 Å². The fourth-order valence-corrected chi connectivity index (χ4v) is 3.18. The molecular weight excluding hydrogens is 427 g/mol. The van der Waals surface area contributed by atoms with Gasteiger partial charge in [0.2, 0.25) is 0 Å². The summed E-state index contributed by atoms with van der Waals surface area (Å²) in [6.07, 6.45) is 2.07. The minimum Gasteiger partial charge on any atom is -0.366 e. The number of anilines is 1. The molecule has 31 heavy (non-hydrogen) atoms. The highest BCUT2D eigenvalue weighted by Crippen LogP contribution is 2.29. The summed E-state index contributed by atoms with van der Waals surface area (Å²) < 4.78 is 38.6. The maximum absolute atomic E-state index is 12.9. The van der Waals surface area contributed by atoms with Crippen molar-refractivity contribution < 1.29 is 18.0 Å². The molecular formula is C23H21ClF3N3O. The van der Waals surface area contributed by atoms with Crippen LogP contribution in [0.3, 0.4) is 0 Å². The van der Waals surface area contributed by atoms with Gasteiger partial charge in [-0.3, -0.25) is 4.79 Å². The van der Waals surface area contributed by atoms with Gasteiger partial charge in [0.1, 0.15) is 11.0 Å². The Hall–Kier alpha value is -3.06. The number of hydrogen-bond acceptors (Lipinski definition) is 3. The number of nitrogens with one attached hydrogen (secondary N) is 2. The largest absolute Gasteiger partial charge is 0.416 e. The Morgan fingerprint density at radius 1 is 1.19 bits per heavy atom. The second-order valence-electron chi connectivity index (χ2n) is 7.19. The van der Waals surface area contributed by atoms with Gasteiger partial charge in [-0.2, -0.15) is 13.2 Å². The molecule has 1 atom stereocenters. The van der Waals surface area contributed by atoms with Crippen LogP contribution in [-0.2, 0) is 12.7 Å². The van der Waals surface area contributed by atoms with E-state index in [0.29, 0.717) is 29.1 Å². The van der Waals surface area contributed by atoms with E-state index >= 15 is 0 Å². The molecule has 4 nitrogen and oxygen atoms in total. The van der Waals surface area contributed by atoms with Crippen LogP contribution in [0.25, 0.3) is 0 Å². The normalized spacial score (nSPS) is 21.0. The third kappa shape index (κ3) is 6.72. The molecule has 1 aliphatic rings. The third-order valence-electron chi connectivity index (χ3n) is 4.54. The van der Waals surface area contributed by atoms with Crippen LogP contribution >= 0.6 is 11.6 Å². The van der Waals surface area contributed by atoms with E-state index in [1.807, 2.05) is 18.2 Å². The van der Waals surface area contributed by atoms with Crippen molar-refractivity contribution in [3.63, 3.8) is 0 Å². The van der Waals surface area contributed by atoms with Crippen LogP contribution in [-0.4, -0.2) is 11.1 Å². The van der Waals surface area contributed by atoms with Crippen molar-refractivity contribution in [2.75, 3.05) is 5.32 Å². The van der Waals surface area contributed by atoms with Crippen LogP contribution < -0.4 is 10.6 Å². The lowest BCUT2D eigenvalue weighted by Crippen LogP contribution is -2.15. The summed E-state index contributed by atoms with van der Waals surface area (Å²) in [4.78, 5) is 16.7. The molecule has 0 spiro atoms. The number of rotatable bonds is 5. The van der Waals surface area contributed by atoms with Gasteiger partial charge >= 0.3 is 6.18 Å². The Labute approximate surface area is 183 Å². The lowest BCUT2D eigenvalue weighted by molar-refractivity contribution is -0.137. The topological polar surface area (TPSA) is 53.5 Å². The minimum absolute atomic E-state index is 0.0657. The smallest absolute Gasteiger partial charge is 0.366 e. The van der Waals surface area contributed by atoms with E-state index in [1.165, 1.54) is 12.1 Å². The van der Waals surface area contributed by atoms with Gasteiger partial charge in [0, 0.05) is 17.8 Å². The van der Waals surface area contributed by atoms with Crippen molar-refractivity contribution in [1.82, 2.24) is 5.32 Å². The van der Waals surface area contributed by atoms with Crippen LogP contribution in [0.5, 0.6) is 0 Å². The van der Waals surface area contributed by atoms with Gasteiger partial charge in [-0.1, -0.05) is 42.8 Å². The summed E-state index contributed by atoms with van der Waals surface area (Å²) in [7, 11) is 0. The number of nitrogens with zero attached hydrogens (tertiary/aromatic N) is 1. The Kier molecular flexibility index (Phi) is 7.17. The summed E-state index contributed by atoms with van der Waals surface area (Å²) >= 11 is 6.06. The van der Waals surface area contributed by atoms with Gasteiger partial charge in [-0.25, -0.2) is 4.99 Å². The lowest BCUT2D eigenvalue weighted by Gasteiger charge is -2.13. The first kappa shape index (κ1) is 22.6.